The summed E-state index contributed by atoms with van der Waals surface area (Å²) in [5, 5.41) is 11.8. The lowest BCUT2D eigenvalue weighted by molar-refractivity contribution is -0.236. The Morgan fingerprint density at radius 3 is 2.53 bits per heavy atom. The molecule has 0 unspecified atom stereocenters. The zero-order valence-corrected chi connectivity index (χ0v) is 20.7. The van der Waals surface area contributed by atoms with Gasteiger partial charge in [0.1, 0.15) is 12.2 Å². The van der Waals surface area contributed by atoms with Gasteiger partial charge in [-0.25, -0.2) is 4.79 Å². The molecule has 8 heteroatoms. The number of carbonyl (C=O) groups excluding carboxylic acids is 3. The number of cyclic esters (lactones) is 1. The minimum atomic E-state index is -1.08. The summed E-state index contributed by atoms with van der Waals surface area (Å²) in [6.07, 6.45) is 2.23. The molecule has 2 saturated carbocycles. The Morgan fingerprint density at radius 1 is 1.11 bits per heavy atom. The molecule has 8 nitrogen and oxygen atoms in total. The maximum atomic E-state index is 13.2. The highest BCUT2D eigenvalue weighted by Crippen LogP contribution is 2.66. The summed E-state index contributed by atoms with van der Waals surface area (Å²) in [6.45, 7) is 3.98. The van der Waals surface area contributed by atoms with Crippen LogP contribution in [0.2, 0.25) is 0 Å². The van der Waals surface area contributed by atoms with Gasteiger partial charge in [0.2, 0.25) is 0 Å². The third-order valence-electron chi connectivity index (χ3n) is 9.01. The summed E-state index contributed by atoms with van der Waals surface area (Å²) in [7, 11) is 1.34. The molecule has 1 saturated heterocycles. The highest BCUT2D eigenvalue weighted by atomic mass is 16.6. The Labute approximate surface area is 209 Å². The van der Waals surface area contributed by atoms with Gasteiger partial charge >= 0.3 is 17.9 Å². The molecule has 1 N–H and O–H groups in total. The van der Waals surface area contributed by atoms with Crippen LogP contribution in [0.4, 0.5) is 0 Å². The van der Waals surface area contributed by atoms with Crippen LogP contribution < -0.4 is 0 Å². The molecule has 1 aromatic carbocycles. The molecule has 0 spiro atoms. The molecule has 1 aliphatic heterocycles. The van der Waals surface area contributed by atoms with Gasteiger partial charge in [-0.2, -0.15) is 0 Å². The second-order valence-corrected chi connectivity index (χ2v) is 10.9. The Bertz CT molecular complexity index is 1130. The zero-order chi connectivity index (χ0) is 25.7. The van der Waals surface area contributed by atoms with Crippen LogP contribution in [0.3, 0.4) is 0 Å². The fourth-order valence-electron chi connectivity index (χ4n) is 7.31. The van der Waals surface area contributed by atoms with Gasteiger partial charge in [-0.3, -0.25) is 9.59 Å². The van der Waals surface area contributed by atoms with Crippen molar-refractivity contribution in [3.8, 4) is 0 Å². The van der Waals surface area contributed by atoms with Crippen molar-refractivity contribution in [1.29, 1.82) is 0 Å². The number of furan rings is 1. The van der Waals surface area contributed by atoms with Gasteiger partial charge in [-0.05, 0) is 48.3 Å². The fourth-order valence-corrected chi connectivity index (χ4v) is 7.31. The van der Waals surface area contributed by atoms with Crippen molar-refractivity contribution in [3.05, 3.63) is 60.1 Å². The van der Waals surface area contributed by atoms with Gasteiger partial charge in [0.05, 0.1) is 43.1 Å². The monoisotopic (exact) mass is 496 g/mol. The average molecular weight is 497 g/mol. The van der Waals surface area contributed by atoms with Crippen molar-refractivity contribution in [2.45, 2.75) is 57.8 Å². The van der Waals surface area contributed by atoms with Crippen molar-refractivity contribution in [1.82, 2.24) is 0 Å². The van der Waals surface area contributed by atoms with Crippen LogP contribution in [0.15, 0.2) is 53.3 Å². The molecule has 0 radical (unpaired) electrons. The summed E-state index contributed by atoms with van der Waals surface area (Å²) in [5.74, 6) is -2.85. The molecule has 5 rings (SSSR count). The summed E-state index contributed by atoms with van der Waals surface area (Å²) < 4.78 is 22.0. The van der Waals surface area contributed by atoms with Gasteiger partial charge in [-0.1, -0.05) is 32.0 Å². The summed E-state index contributed by atoms with van der Waals surface area (Å²) in [5.41, 5.74) is -0.265. The minimum Gasteiger partial charge on any atom is -0.472 e. The first-order valence-electron chi connectivity index (χ1n) is 12.4. The van der Waals surface area contributed by atoms with E-state index in [1.165, 1.54) is 13.4 Å². The van der Waals surface area contributed by atoms with E-state index in [-0.39, 0.29) is 12.4 Å². The summed E-state index contributed by atoms with van der Waals surface area (Å²) >= 11 is 0. The first kappa shape index (κ1) is 24.6. The van der Waals surface area contributed by atoms with Crippen LogP contribution in [-0.4, -0.2) is 42.3 Å². The molecule has 2 aliphatic carbocycles. The van der Waals surface area contributed by atoms with E-state index in [9.17, 15) is 19.5 Å². The average Bonchev–Trinajstić information content (AvgIpc) is 3.40. The van der Waals surface area contributed by atoms with Crippen LogP contribution in [0.25, 0.3) is 0 Å². The first-order chi connectivity index (χ1) is 17.2. The maximum absolute atomic E-state index is 13.2. The van der Waals surface area contributed by atoms with Gasteiger partial charge in [0.25, 0.3) is 0 Å². The lowest BCUT2D eigenvalue weighted by Crippen LogP contribution is -2.66. The second-order valence-electron chi connectivity index (χ2n) is 10.9. The maximum Gasteiger partial charge on any atom is 0.338 e. The number of aliphatic hydroxyl groups excluding tert-OH is 1. The standard InChI is InChI=1S/C28H32O8/c1-27-11-9-18-26(32)36-21(17-10-12-34-15-17)14-28(18,2)23(27)22(29)20(13-19(27)25(31)33-3)35-24(30)16-7-5-4-6-8-16/h4-8,10,12,15,18-23,29H,9,11,13-14H2,1-3H3/t18-,19-,20-,21-,22-,23-,27-,28-/m0/s1. The van der Waals surface area contributed by atoms with Crippen LogP contribution in [0.5, 0.6) is 0 Å². The van der Waals surface area contributed by atoms with E-state index in [2.05, 4.69) is 0 Å². The third-order valence-corrected chi connectivity index (χ3v) is 9.01. The molecule has 0 bridgehead atoms. The van der Waals surface area contributed by atoms with Gasteiger partial charge in [0, 0.05) is 17.9 Å². The largest absolute Gasteiger partial charge is 0.472 e. The molecule has 3 fully saturated rings. The number of benzene rings is 1. The number of aliphatic hydroxyl groups is 1. The van der Waals surface area contributed by atoms with Crippen molar-refractivity contribution in [2.24, 2.45) is 28.6 Å². The molecule has 192 valence electrons. The molecular weight excluding hydrogens is 464 g/mol. The predicted molar refractivity (Wildman–Crippen MR) is 126 cm³/mol. The number of methoxy groups -OCH3 is 1. The van der Waals surface area contributed by atoms with E-state index in [4.69, 9.17) is 18.6 Å². The topological polar surface area (TPSA) is 112 Å². The Morgan fingerprint density at radius 2 is 1.86 bits per heavy atom. The fraction of sp³-hybridized carbons (Fsp3) is 0.536. The van der Waals surface area contributed by atoms with Gasteiger partial charge in [0.15, 0.2) is 0 Å². The SMILES string of the molecule is COC(=O)[C@@H]1C[C@H](OC(=O)c2ccccc2)[C@H](O)[C@H]2[C@@]1(C)CC[C@H]1C(=O)O[C@H](c3ccoc3)C[C@]21C. The summed E-state index contributed by atoms with van der Waals surface area (Å²) in [6, 6.07) is 10.3. The molecule has 2 heterocycles. The third kappa shape index (κ3) is 3.82. The number of hydrogen-bond donors (Lipinski definition) is 1. The van der Waals surface area contributed by atoms with E-state index >= 15 is 0 Å². The number of carbonyl (C=O) groups is 3. The summed E-state index contributed by atoms with van der Waals surface area (Å²) in [4.78, 5) is 39.2. The number of ether oxygens (including phenoxy) is 3. The highest BCUT2D eigenvalue weighted by molar-refractivity contribution is 5.89. The quantitative estimate of drug-likeness (QED) is 0.498. The molecule has 2 aromatic rings. The lowest BCUT2D eigenvalue weighted by Gasteiger charge is -2.63. The normalized spacial score (nSPS) is 37.7. The van der Waals surface area contributed by atoms with E-state index < -0.39 is 58.8 Å². The predicted octanol–water partition coefficient (Wildman–Crippen LogP) is 4.09. The van der Waals surface area contributed by atoms with Crippen LogP contribution in [0.1, 0.15) is 61.6 Å². The van der Waals surface area contributed by atoms with E-state index in [1.54, 1.807) is 42.7 Å². The van der Waals surface area contributed by atoms with Gasteiger partial charge < -0.3 is 23.7 Å². The number of esters is 3. The molecule has 8 atom stereocenters. The highest BCUT2D eigenvalue weighted by Gasteiger charge is 2.67. The Hall–Kier alpha value is -3.13. The first-order valence-corrected chi connectivity index (χ1v) is 12.4. The van der Waals surface area contributed by atoms with Crippen molar-refractivity contribution < 1.29 is 38.1 Å². The molecule has 0 amide bonds. The van der Waals surface area contributed by atoms with Crippen molar-refractivity contribution >= 4 is 17.9 Å². The van der Waals surface area contributed by atoms with E-state index in [0.29, 0.717) is 24.8 Å². The van der Waals surface area contributed by atoms with Crippen LogP contribution >= 0.6 is 0 Å². The minimum absolute atomic E-state index is 0.149. The molecule has 3 aliphatic rings. The smallest absolute Gasteiger partial charge is 0.338 e. The Kier molecular flexibility index (Phi) is 6.19. The van der Waals surface area contributed by atoms with Crippen molar-refractivity contribution in [2.75, 3.05) is 7.11 Å². The van der Waals surface area contributed by atoms with Crippen molar-refractivity contribution in [3.63, 3.8) is 0 Å². The van der Waals surface area contributed by atoms with Crippen LogP contribution in [0, 0.1) is 28.6 Å². The molecule has 36 heavy (non-hydrogen) atoms. The van der Waals surface area contributed by atoms with E-state index in [0.717, 1.165) is 5.56 Å². The molecular formula is C28H32O8. The lowest BCUT2D eigenvalue weighted by atomic mass is 9.42. The number of fused-ring (bicyclic) bond motifs is 3. The number of hydrogen-bond acceptors (Lipinski definition) is 8. The Balaban J connectivity index is 1.53. The van der Waals surface area contributed by atoms with Crippen LogP contribution in [-0.2, 0) is 23.8 Å². The second kappa shape index (κ2) is 9.07. The van der Waals surface area contributed by atoms with E-state index in [1.807, 2.05) is 13.8 Å². The molecule has 1 aromatic heterocycles. The zero-order valence-electron chi connectivity index (χ0n) is 20.7. The van der Waals surface area contributed by atoms with Gasteiger partial charge in [-0.15, -0.1) is 0 Å². The number of rotatable bonds is 4.